The van der Waals surface area contributed by atoms with Crippen LogP contribution in [0, 0.1) is 0 Å². The number of nitrogens with zero attached hydrogens (tertiary/aromatic N) is 1. The molecule has 12 heteroatoms. The van der Waals surface area contributed by atoms with Crippen LogP contribution in [0.4, 0.5) is 5.69 Å². The fourth-order valence-corrected chi connectivity index (χ4v) is 6.82. The van der Waals surface area contributed by atoms with Crippen LogP contribution in [0.25, 0.3) is 5.57 Å². The number of anilines is 1. The van der Waals surface area contributed by atoms with E-state index in [1.165, 1.54) is 6.07 Å². The van der Waals surface area contributed by atoms with Crippen LogP contribution in [0.15, 0.2) is 65.9 Å². The number of rotatable bonds is 8. The molecule has 2 aromatic carbocycles. The minimum atomic E-state index is -4.38. The average Bonchev–Trinajstić information content (AvgIpc) is 3.11. The fourth-order valence-electron chi connectivity index (χ4n) is 5.67. The summed E-state index contributed by atoms with van der Waals surface area (Å²) >= 11 is 0. The third kappa shape index (κ3) is 6.76. The maximum absolute atomic E-state index is 11.9. The molecule has 2 aromatic rings. The van der Waals surface area contributed by atoms with Gasteiger partial charge in [0.1, 0.15) is 17.3 Å². The molecule has 0 spiro atoms. The second kappa shape index (κ2) is 11.7. The SMILES string of the molecule is CC1(C)C(/C=C/C=C2/N(CCCS(=O)(=O)[O-])c3ccc(O)cc3C2(C)C)=C(CS(=O)(=O)O)c2ccc(O)cc21.[K+]. The Bertz CT molecular complexity index is 1640. The van der Waals surface area contributed by atoms with E-state index in [0.29, 0.717) is 16.7 Å². The van der Waals surface area contributed by atoms with Crippen LogP contribution in [0.1, 0.15) is 50.8 Å². The Morgan fingerprint density at radius 1 is 0.925 bits per heavy atom. The number of fused-ring (bicyclic) bond motifs is 2. The number of benzene rings is 2. The van der Waals surface area contributed by atoms with E-state index in [4.69, 9.17) is 0 Å². The van der Waals surface area contributed by atoms with E-state index in [9.17, 15) is 36.2 Å². The van der Waals surface area contributed by atoms with Crippen molar-refractivity contribution in [3.05, 3.63) is 82.6 Å². The van der Waals surface area contributed by atoms with Gasteiger partial charge in [0.25, 0.3) is 10.1 Å². The van der Waals surface area contributed by atoms with E-state index in [0.717, 1.165) is 22.5 Å². The second-order valence-electron chi connectivity index (χ2n) is 11.0. The zero-order valence-electron chi connectivity index (χ0n) is 23.2. The van der Waals surface area contributed by atoms with Gasteiger partial charge in [0.2, 0.25) is 0 Å². The molecule has 40 heavy (non-hydrogen) atoms. The Morgan fingerprint density at radius 2 is 1.52 bits per heavy atom. The minimum Gasteiger partial charge on any atom is -0.748 e. The van der Waals surface area contributed by atoms with E-state index in [-0.39, 0.29) is 75.8 Å². The third-order valence-corrected chi connectivity index (χ3v) is 8.94. The molecule has 1 aliphatic heterocycles. The first-order valence-electron chi connectivity index (χ1n) is 12.4. The smallest absolute Gasteiger partial charge is 0.748 e. The van der Waals surface area contributed by atoms with Crippen molar-refractivity contribution in [3.63, 3.8) is 0 Å². The molecule has 0 fully saturated rings. The van der Waals surface area contributed by atoms with Gasteiger partial charge in [-0.1, -0.05) is 45.9 Å². The molecule has 0 saturated carbocycles. The third-order valence-electron chi connectivity index (χ3n) is 7.50. The van der Waals surface area contributed by atoms with Gasteiger partial charge in [-0.15, -0.1) is 0 Å². The largest absolute Gasteiger partial charge is 1.00 e. The van der Waals surface area contributed by atoms with Crippen LogP contribution >= 0.6 is 0 Å². The maximum Gasteiger partial charge on any atom is 1.00 e. The summed E-state index contributed by atoms with van der Waals surface area (Å²) in [4.78, 5) is 1.92. The molecule has 0 amide bonds. The Balaban J connectivity index is 0.00000441. The van der Waals surface area contributed by atoms with Gasteiger partial charge in [-0.25, -0.2) is 8.42 Å². The number of aromatic hydroxyl groups is 2. The molecule has 0 atom stereocenters. The predicted octanol–water partition coefficient (Wildman–Crippen LogP) is 1.21. The van der Waals surface area contributed by atoms with Gasteiger partial charge in [0.05, 0.1) is 10.1 Å². The minimum absolute atomic E-state index is 0. The molecular formula is C28H32KNO8S2. The van der Waals surface area contributed by atoms with Gasteiger partial charge < -0.3 is 19.7 Å². The van der Waals surface area contributed by atoms with Crippen molar-refractivity contribution in [2.24, 2.45) is 0 Å². The summed E-state index contributed by atoms with van der Waals surface area (Å²) in [6.07, 6.45) is 5.50. The average molecular weight is 614 g/mol. The molecule has 1 aliphatic carbocycles. The molecule has 9 nitrogen and oxygen atoms in total. The summed E-state index contributed by atoms with van der Waals surface area (Å²) in [6, 6.07) is 9.66. The zero-order valence-corrected chi connectivity index (χ0v) is 27.9. The molecule has 3 N–H and O–H groups in total. The van der Waals surface area contributed by atoms with Crippen LogP contribution in [0.5, 0.6) is 11.5 Å². The van der Waals surface area contributed by atoms with Gasteiger partial charge in [-0.2, -0.15) is 8.42 Å². The summed E-state index contributed by atoms with van der Waals surface area (Å²) in [5.74, 6) is -0.957. The van der Waals surface area contributed by atoms with Crippen LogP contribution in [-0.2, 0) is 31.1 Å². The van der Waals surface area contributed by atoms with Crippen LogP contribution in [0.3, 0.4) is 0 Å². The quantitative estimate of drug-likeness (QED) is 0.294. The number of phenolic OH excluding ortho intramolecular Hbond substituents is 2. The standard InChI is InChI=1S/C28H33NO8S2.K/c1-27(2)22(21(17-39(35,36)37)20-11-9-18(30)15-23(20)27)7-5-8-26-28(3,4)24-16-19(31)10-12-25(24)29(26)13-6-14-38(32,33)34;/h5,7-12,15-16,30-31H,6,13-14,17H2,1-4H3,(H,32,33,34)(H,35,36,37);/q;+1/p-1/b7-5+,26-8+;. The van der Waals surface area contributed by atoms with Crippen molar-refractivity contribution >= 4 is 31.5 Å². The van der Waals surface area contributed by atoms with Crippen molar-refractivity contribution in [2.75, 3.05) is 23.0 Å². The number of hydrogen-bond acceptors (Lipinski definition) is 8. The van der Waals surface area contributed by atoms with Crippen molar-refractivity contribution in [1.82, 2.24) is 0 Å². The van der Waals surface area contributed by atoms with E-state index < -0.39 is 42.6 Å². The van der Waals surface area contributed by atoms with Crippen molar-refractivity contribution in [2.45, 2.75) is 44.9 Å². The molecule has 0 bridgehead atoms. The Labute approximate surface area is 278 Å². The van der Waals surface area contributed by atoms with Crippen LogP contribution in [-0.4, -0.2) is 54.2 Å². The summed E-state index contributed by atoms with van der Waals surface area (Å²) in [7, 11) is -8.73. The Kier molecular flexibility index (Phi) is 9.62. The summed E-state index contributed by atoms with van der Waals surface area (Å²) < 4.78 is 67.1. The van der Waals surface area contributed by atoms with Crippen LogP contribution < -0.4 is 56.3 Å². The van der Waals surface area contributed by atoms with E-state index in [1.807, 2.05) is 38.7 Å². The first-order chi connectivity index (χ1) is 17.9. The summed E-state index contributed by atoms with van der Waals surface area (Å²) in [5.41, 5.74) is 3.62. The molecule has 0 unspecified atom stereocenters. The van der Waals surface area contributed by atoms with E-state index in [2.05, 4.69) is 0 Å². The van der Waals surface area contributed by atoms with E-state index >= 15 is 0 Å². The van der Waals surface area contributed by atoms with Gasteiger partial charge in [0.15, 0.2) is 0 Å². The molecule has 210 valence electrons. The van der Waals surface area contributed by atoms with Gasteiger partial charge in [-0.05, 0) is 70.7 Å². The number of hydrogen-bond donors (Lipinski definition) is 3. The van der Waals surface area contributed by atoms with Crippen LogP contribution in [0.2, 0.25) is 0 Å². The van der Waals surface area contributed by atoms with E-state index in [1.54, 1.807) is 42.5 Å². The fraction of sp³-hybridized carbons (Fsp3) is 0.357. The first kappa shape index (κ1) is 33.0. The molecular weight excluding hydrogens is 582 g/mol. The first-order valence-corrected chi connectivity index (χ1v) is 15.6. The Hall–Kier alpha value is -1.48. The van der Waals surface area contributed by atoms with Gasteiger partial charge in [0, 0.05) is 34.5 Å². The topological polar surface area (TPSA) is 155 Å². The monoisotopic (exact) mass is 613 g/mol. The summed E-state index contributed by atoms with van der Waals surface area (Å²) in [5, 5.41) is 20.2. The van der Waals surface area contributed by atoms with Crippen molar-refractivity contribution in [1.29, 1.82) is 0 Å². The molecule has 0 saturated heterocycles. The maximum atomic E-state index is 11.9. The Morgan fingerprint density at radius 3 is 2.12 bits per heavy atom. The molecule has 1 heterocycles. The van der Waals surface area contributed by atoms with Gasteiger partial charge in [-0.3, -0.25) is 4.55 Å². The predicted molar refractivity (Wildman–Crippen MR) is 149 cm³/mol. The summed E-state index contributed by atoms with van der Waals surface area (Å²) in [6.45, 7) is 8.01. The molecule has 0 radical (unpaired) electrons. The molecule has 0 aromatic heterocycles. The molecule has 4 rings (SSSR count). The second-order valence-corrected chi connectivity index (χ2v) is 14.0. The number of phenols is 2. The molecule has 2 aliphatic rings. The number of allylic oxidation sites excluding steroid dienone is 5. The van der Waals surface area contributed by atoms with Crippen molar-refractivity contribution < 1.29 is 87.5 Å². The normalized spacial score (nSPS) is 18.8. The van der Waals surface area contributed by atoms with Gasteiger partial charge >= 0.3 is 51.4 Å². The van der Waals surface area contributed by atoms with Crippen molar-refractivity contribution in [3.8, 4) is 11.5 Å². The zero-order chi connectivity index (χ0) is 29.0.